The van der Waals surface area contributed by atoms with Gasteiger partial charge in [0.2, 0.25) is 5.43 Å². The minimum Gasteiger partial charge on any atom is -0.464 e. The number of para-hydroxylation sites is 1. The standard InChI is InChI=1S/C20H18F3N3O3/c1-12-10-17(27)18(19(28)25(3)11-14-9-8-13(2)29-14)24-26(12)16-7-5-4-6-15(16)20(21,22)23/h4-10H,11H2,1-3H3. The van der Waals surface area contributed by atoms with Crippen LogP contribution in [0.1, 0.15) is 33.3 Å². The van der Waals surface area contributed by atoms with E-state index in [-0.39, 0.29) is 17.9 Å². The first kappa shape index (κ1) is 20.4. The van der Waals surface area contributed by atoms with Gasteiger partial charge in [-0.2, -0.15) is 18.3 Å². The van der Waals surface area contributed by atoms with Crippen LogP contribution in [0.15, 0.2) is 51.7 Å². The van der Waals surface area contributed by atoms with Crippen molar-refractivity contribution < 1.29 is 22.4 Å². The van der Waals surface area contributed by atoms with Crippen LogP contribution in [0.2, 0.25) is 0 Å². The van der Waals surface area contributed by atoms with E-state index in [1.807, 2.05) is 0 Å². The second kappa shape index (κ2) is 7.57. The fourth-order valence-corrected chi connectivity index (χ4v) is 2.89. The van der Waals surface area contributed by atoms with Gasteiger partial charge in [0, 0.05) is 18.8 Å². The largest absolute Gasteiger partial charge is 0.464 e. The van der Waals surface area contributed by atoms with Crippen molar-refractivity contribution in [2.75, 3.05) is 7.05 Å². The fourth-order valence-electron chi connectivity index (χ4n) is 2.89. The lowest BCUT2D eigenvalue weighted by atomic mass is 10.1. The molecule has 0 unspecified atom stereocenters. The molecule has 0 radical (unpaired) electrons. The van der Waals surface area contributed by atoms with Gasteiger partial charge in [-0.25, -0.2) is 4.68 Å². The molecular weight excluding hydrogens is 387 g/mol. The highest BCUT2D eigenvalue weighted by molar-refractivity contribution is 5.91. The molecule has 0 aliphatic heterocycles. The van der Waals surface area contributed by atoms with E-state index in [0.717, 1.165) is 16.8 Å². The van der Waals surface area contributed by atoms with Gasteiger partial charge in [-0.1, -0.05) is 12.1 Å². The molecule has 29 heavy (non-hydrogen) atoms. The number of benzene rings is 1. The molecule has 0 aliphatic carbocycles. The summed E-state index contributed by atoms with van der Waals surface area (Å²) in [6, 6.07) is 9.36. The Morgan fingerprint density at radius 1 is 1.17 bits per heavy atom. The number of carbonyl (C=O) groups excluding carboxylic acids is 1. The van der Waals surface area contributed by atoms with E-state index in [0.29, 0.717) is 11.5 Å². The summed E-state index contributed by atoms with van der Waals surface area (Å²) in [5.74, 6) is 0.455. The lowest BCUT2D eigenvalue weighted by Crippen LogP contribution is -2.33. The minimum atomic E-state index is -4.62. The highest BCUT2D eigenvalue weighted by Crippen LogP contribution is 2.33. The maximum atomic E-state index is 13.4. The van der Waals surface area contributed by atoms with Crippen molar-refractivity contribution >= 4 is 5.91 Å². The van der Waals surface area contributed by atoms with Crippen LogP contribution in [0.4, 0.5) is 13.2 Å². The summed E-state index contributed by atoms with van der Waals surface area (Å²) >= 11 is 0. The molecule has 0 bridgehead atoms. The Kier molecular flexibility index (Phi) is 5.32. The number of nitrogens with zero attached hydrogens (tertiary/aromatic N) is 3. The molecule has 3 rings (SSSR count). The molecule has 152 valence electrons. The monoisotopic (exact) mass is 405 g/mol. The molecule has 2 aromatic heterocycles. The van der Waals surface area contributed by atoms with Crippen LogP contribution in [0.25, 0.3) is 5.69 Å². The number of rotatable bonds is 4. The van der Waals surface area contributed by atoms with E-state index in [4.69, 9.17) is 4.42 Å². The van der Waals surface area contributed by atoms with E-state index in [1.54, 1.807) is 19.1 Å². The van der Waals surface area contributed by atoms with E-state index in [9.17, 15) is 22.8 Å². The average molecular weight is 405 g/mol. The van der Waals surface area contributed by atoms with Crippen molar-refractivity contribution in [2.45, 2.75) is 26.6 Å². The lowest BCUT2D eigenvalue weighted by molar-refractivity contribution is -0.137. The van der Waals surface area contributed by atoms with Crippen molar-refractivity contribution in [3.05, 3.63) is 81.2 Å². The zero-order valence-electron chi connectivity index (χ0n) is 15.9. The molecule has 0 saturated carbocycles. The van der Waals surface area contributed by atoms with Crippen LogP contribution >= 0.6 is 0 Å². The first-order valence-electron chi connectivity index (χ1n) is 8.66. The molecule has 0 saturated heterocycles. The quantitative estimate of drug-likeness (QED) is 0.663. The summed E-state index contributed by atoms with van der Waals surface area (Å²) in [5.41, 5.74) is -2.16. The zero-order chi connectivity index (χ0) is 21.3. The lowest BCUT2D eigenvalue weighted by Gasteiger charge is -2.18. The van der Waals surface area contributed by atoms with Crippen LogP contribution in [0, 0.1) is 13.8 Å². The Hall–Kier alpha value is -3.36. The van der Waals surface area contributed by atoms with Crippen molar-refractivity contribution in [2.24, 2.45) is 0 Å². The third-order valence-electron chi connectivity index (χ3n) is 4.28. The molecule has 3 aromatic rings. The summed E-state index contributed by atoms with van der Waals surface area (Å²) in [6.45, 7) is 3.29. The Bertz CT molecular complexity index is 1120. The highest BCUT2D eigenvalue weighted by atomic mass is 19.4. The Morgan fingerprint density at radius 3 is 2.48 bits per heavy atom. The van der Waals surface area contributed by atoms with Gasteiger partial charge in [0.25, 0.3) is 5.91 Å². The molecule has 0 atom stereocenters. The maximum absolute atomic E-state index is 13.4. The second-order valence-corrected chi connectivity index (χ2v) is 6.60. The first-order chi connectivity index (χ1) is 13.6. The predicted molar refractivity (Wildman–Crippen MR) is 98.8 cm³/mol. The third kappa shape index (κ3) is 4.23. The Balaban J connectivity index is 2.03. The molecular formula is C20H18F3N3O3. The minimum absolute atomic E-state index is 0.0841. The second-order valence-electron chi connectivity index (χ2n) is 6.60. The number of amides is 1. The van der Waals surface area contributed by atoms with Gasteiger partial charge in [0.05, 0.1) is 17.8 Å². The van der Waals surface area contributed by atoms with Gasteiger partial charge in [0.1, 0.15) is 11.5 Å². The van der Waals surface area contributed by atoms with Crippen molar-refractivity contribution in [3.63, 3.8) is 0 Å². The molecule has 0 fully saturated rings. The maximum Gasteiger partial charge on any atom is 0.418 e. The number of carbonyl (C=O) groups is 1. The van der Waals surface area contributed by atoms with Crippen LogP contribution in [-0.2, 0) is 12.7 Å². The summed E-state index contributed by atoms with van der Waals surface area (Å²) in [4.78, 5) is 26.3. The van der Waals surface area contributed by atoms with Crippen LogP contribution in [-0.4, -0.2) is 27.6 Å². The molecule has 0 aliphatic rings. The topological polar surface area (TPSA) is 68.3 Å². The number of aromatic nitrogens is 2. The predicted octanol–water partition coefficient (Wildman–Crippen LogP) is 3.73. The van der Waals surface area contributed by atoms with Crippen molar-refractivity contribution in [3.8, 4) is 5.69 Å². The van der Waals surface area contributed by atoms with E-state index in [2.05, 4.69) is 5.10 Å². The number of hydrogen-bond acceptors (Lipinski definition) is 4. The first-order valence-corrected chi connectivity index (χ1v) is 8.66. The van der Waals surface area contributed by atoms with E-state index < -0.39 is 28.8 Å². The highest BCUT2D eigenvalue weighted by Gasteiger charge is 2.34. The fraction of sp³-hybridized carbons (Fsp3) is 0.250. The van der Waals surface area contributed by atoms with Crippen molar-refractivity contribution in [1.29, 1.82) is 0 Å². The number of alkyl halides is 3. The molecule has 6 nitrogen and oxygen atoms in total. The Labute approximate surface area is 164 Å². The van der Waals surface area contributed by atoms with Crippen LogP contribution in [0.5, 0.6) is 0 Å². The van der Waals surface area contributed by atoms with Gasteiger partial charge >= 0.3 is 6.18 Å². The summed E-state index contributed by atoms with van der Waals surface area (Å²) in [7, 11) is 1.45. The molecule has 2 heterocycles. The Morgan fingerprint density at radius 2 is 1.86 bits per heavy atom. The molecule has 1 aromatic carbocycles. The zero-order valence-corrected chi connectivity index (χ0v) is 15.9. The summed E-state index contributed by atoms with van der Waals surface area (Å²) in [6.07, 6.45) is -4.62. The smallest absolute Gasteiger partial charge is 0.418 e. The number of halogens is 3. The number of hydrogen-bond donors (Lipinski definition) is 0. The van der Waals surface area contributed by atoms with E-state index >= 15 is 0 Å². The molecule has 9 heteroatoms. The van der Waals surface area contributed by atoms with Crippen molar-refractivity contribution in [1.82, 2.24) is 14.7 Å². The average Bonchev–Trinajstić information content (AvgIpc) is 3.05. The SMILES string of the molecule is Cc1ccc(CN(C)C(=O)c2nn(-c3ccccc3C(F)(F)F)c(C)cc2=O)o1. The van der Waals surface area contributed by atoms with Gasteiger partial charge in [-0.05, 0) is 38.1 Å². The van der Waals surface area contributed by atoms with Gasteiger partial charge in [0.15, 0.2) is 5.69 Å². The third-order valence-corrected chi connectivity index (χ3v) is 4.28. The normalized spacial score (nSPS) is 11.5. The van der Waals surface area contributed by atoms with Crippen LogP contribution in [0.3, 0.4) is 0 Å². The van der Waals surface area contributed by atoms with Gasteiger partial charge in [-0.15, -0.1) is 0 Å². The van der Waals surface area contributed by atoms with Gasteiger partial charge in [-0.3, -0.25) is 9.59 Å². The summed E-state index contributed by atoms with van der Waals surface area (Å²) < 4.78 is 46.5. The van der Waals surface area contributed by atoms with E-state index in [1.165, 1.54) is 37.1 Å². The van der Waals surface area contributed by atoms with Crippen LogP contribution < -0.4 is 5.43 Å². The molecule has 0 spiro atoms. The number of furan rings is 1. The van der Waals surface area contributed by atoms with Gasteiger partial charge < -0.3 is 9.32 Å². The molecule has 1 amide bonds. The number of aryl methyl sites for hydroxylation is 2. The molecule has 0 N–H and O–H groups in total. The summed E-state index contributed by atoms with van der Waals surface area (Å²) in [5, 5.41) is 3.97.